The monoisotopic (exact) mass is 571 g/mol. The van der Waals surface area contributed by atoms with Gasteiger partial charge >= 0.3 is 5.97 Å². The Hall–Kier alpha value is -3.41. The van der Waals surface area contributed by atoms with Crippen molar-refractivity contribution in [3.8, 4) is 0 Å². The summed E-state index contributed by atoms with van der Waals surface area (Å²) in [5, 5.41) is 17.9. The number of hydrogen-bond donors (Lipinski definition) is 6. The molecule has 0 aliphatic rings. The van der Waals surface area contributed by atoms with Crippen molar-refractivity contribution < 1.29 is 24.3 Å². The lowest BCUT2D eigenvalue weighted by molar-refractivity contribution is -0.142. The summed E-state index contributed by atoms with van der Waals surface area (Å²) in [6.45, 7) is 0.506. The van der Waals surface area contributed by atoms with Crippen molar-refractivity contribution in [2.24, 2.45) is 11.5 Å². The van der Waals surface area contributed by atoms with E-state index in [1.165, 1.54) is 11.8 Å². The number of carbonyl (C=O) groups is 4. The van der Waals surface area contributed by atoms with Crippen LogP contribution in [0.25, 0.3) is 0 Å². The van der Waals surface area contributed by atoms with Gasteiger partial charge in [0.15, 0.2) is 0 Å². The molecule has 0 radical (unpaired) electrons. The van der Waals surface area contributed by atoms with Crippen molar-refractivity contribution in [3.63, 3.8) is 0 Å². The van der Waals surface area contributed by atoms with E-state index in [0.29, 0.717) is 31.6 Å². The van der Waals surface area contributed by atoms with Gasteiger partial charge < -0.3 is 32.5 Å². The molecule has 0 bridgehead atoms. The van der Waals surface area contributed by atoms with E-state index in [2.05, 4.69) is 16.0 Å². The van der Waals surface area contributed by atoms with E-state index >= 15 is 0 Å². The second-order valence-electron chi connectivity index (χ2n) is 9.57. The quantitative estimate of drug-likeness (QED) is 0.145. The molecule has 0 saturated heterocycles. The molecule has 0 aliphatic heterocycles. The SMILES string of the molecule is CSCCC(NC(=O)C(N)CCCCN)C(=O)NC(Cc1ccccc1)C(=O)NC(Cc1ccccc1)C(=O)O. The number of aliphatic carboxylic acids is 1. The lowest BCUT2D eigenvalue weighted by Crippen LogP contribution is -2.58. The number of benzene rings is 2. The number of amides is 3. The fourth-order valence-electron chi connectivity index (χ4n) is 4.08. The molecule has 0 saturated carbocycles. The van der Waals surface area contributed by atoms with E-state index in [-0.39, 0.29) is 12.8 Å². The first-order valence-corrected chi connectivity index (χ1v) is 14.8. The smallest absolute Gasteiger partial charge is 0.326 e. The number of thioether (sulfide) groups is 1. The molecule has 0 aromatic heterocycles. The molecule has 3 amide bonds. The lowest BCUT2D eigenvalue weighted by atomic mass is 10.0. The number of carboxylic acid groups (broad SMARTS) is 1. The Labute approximate surface area is 240 Å². The summed E-state index contributed by atoms with van der Waals surface area (Å²) in [5.74, 6) is -2.21. The summed E-state index contributed by atoms with van der Waals surface area (Å²) in [6, 6.07) is 14.1. The Morgan fingerprint density at radius 2 is 1.25 bits per heavy atom. The van der Waals surface area contributed by atoms with Gasteiger partial charge in [-0.2, -0.15) is 11.8 Å². The molecule has 40 heavy (non-hydrogen) atoms. The zero-order valence-corrected chi connectivity index (χ0v) is 23.7. The molecule has 0 fully saturated rings. The highest BCUT2D eigenvalue weighted by Gasteiger charge is 2.30. The van der Waals surface area contributed by atoms with Crippen molar-refractivity contribution in [2.45, 2.75) is 62.7 Å². The van der Waals surface area contributed by atoms with Crippen LogP contribution in [0.5, 0.6) is 0 Å². The first-order valence-electron chi connectivity index (χ1n) is 13.4. The molecule has 0 aliphatic carbocycles. The summed E-state index contributed by atoms with van der Waals surface area (Å²) in [6.07, 6.45) is 4.33. The van der Waals surface area contributed by atoms with Crippen molar-refractivity contribution in [3.05, 3.63) is 71.8 Å². The van der Waals surface area contributed by atoms with Gasteiger partial charge in [-0.25, -0.2) is 4.79 Å². The van der Waals surface area contributed by atoms with E-state index in [0.717, 1.165) is 17.5 Å². The second kappa shape index (κ2) is 18.0. The standard InChI is InChI=1S/C29H41N5O5S/c1-40-17-15-23(32-26(35)22(31)14-8-9-16-30)27(36)33-24(18-20-10-4-2-5-11-20)28(37)34-25(29(38)39)19-21-12-6-3-7-13-21/h2-7,10-13,22-25H,8-9,14-19,30-31H2,1H3,(H,32,35)(H,33,36)(H,34,37)(H,38,39). The van der Waals surface area contributed by atoms with Crippen molar-refractivity contribution in [1.82, 2.24) is 16.0 Å². The average molecular weight is 572 g/mol. The maximum Gasteiger partial charge on any atom is 0.326 e. The minimum Gasteiger partial charge on any atom is -0.480 e. The van der Waals surface area contributed by atoms with Gasteiger partial charge in [-0.05, 0) is 48.9 Å². The number of unbranched alkanes of at least 4 members (excludes halogenated alkanes) is 1. The predicted octanol–water partition coefficient (Wildman–Crippen LogP) is 1.22. The Morgan fingerprint density at radius 1 is 0.750 bits per heavy atom. The van der Waals surface area contributed by atoms with Crippen LogP contribution in [0.2, 0.25) is 0 Å². The predicted molar refractivity (Wildman–Crippen MR) is 158 cm³/mol. The zero-order valence-electron chi connectivity index (χ0n) is 22.9. The Kier molecular flexibility index (Phi) is 14.8. The molecule has 11 heteroatoms. The second-order valence-corrected chi connectivity index (χ2v) is 10.6. The minimum absolute atomic E-state index is 0.0857. The Balaban J connectivity index is 2.19. The molecule has 0 spiro atoms. The largest absolute Gasteiger partial charge is 0.480 e. The van der Waals surface area contributed by atoms with Crippen LogP contribution in [0.1, 0.15) is 36.8 Å². The van der Waals surface area contributed by atoms with Crippen LogP contribution in [0.4, 0.5) is 0 Å². The van der Waals surface area contributed by atoms with Gasteiger partial charge in [0.05, 0.1) is 6.04 Å². The molecule has 0 heterocycles. The summed E-state index contributed by atoms with van der Waals surface area (Å²) < 4.78 is 0. The molecular formula is C29H41N5O5S. The minimum atomic E-state index is -1.19. The molecule has 4 atom stereocenters. The van der Waals surface area contributed by atoms with Crippen LogP contribution >= 0.6 is 11.8 Å². The van der Waals surface area contributed by atoms with Crippen molar-refractivity contribution in [1.29, 1.82) is 0 Å². The van der Waals surface area contributed by atoms with E-state index in [1.807, 2.05) is 42.7 Å². The molecule has 2 rings (SSSR count). The Morgan fingerprint density at radius 3 is 1.77 bits per heavy atom. The molecular weight excluding hydrogens is 530 g/mol. The van der Waals surface area contributed by atoms with Crippen LogP contribution in [0.3, 0.4) is 0 Å². The van der Waals surface area contributed by atoms with Gasteiger partial charge in [0, 0.05) is 12.8 Å². The van der Waals surface area contributed by atoms with Gasteiger partial charge in [-0.3, -0.25) is 14.4 Å². The number of nitrogens with two attached hydrogens (primary N) is 2. The maximum absolute atomic E-state index is 13.4. The zero-order chi connectivity index (χ0) is 29.3. The fraction of sp³-hybridized carbons (Fsp3) is 0.448. The average Bonchev–Trinajstić information content (AvgIpc) is 2.95. The van der Waals surface area contributed by atoms with Gasteiger partial charge in [0.25, 0.3) is 0 Å². The molecule has 10 nitrogen and oxygen atoms in total. The molecule has 2 aromatic rings. The van der Waals surface area contributed by atoms with E-state index in [4.69, 9.17) is 11.5 Å². The highest BCUT2D eigenvalue weighted by atomic mass is 32.2. The van der Waals surface area contributed by atoms with E-state index < -0.39 is 47.9 Å². The van der Waals surface area contributed by atoms with Gasteiger partial charge in [-0.15, -0.1) is 0 Å². The first kappa shape index (κ1) is 32.8. The number of carbonyl (C=O) groups excluding carboxylic acids is 3. The third kappa shape index (κ3) is 11.8. The van der Waals surface area contributed by atoms with Crippen LogP contribution in [-0.2, 0) is 32.0 Å². The number of nitrogens with one attached hydrogen (secondary N) is 3. The molecule has 8 N–H and O–H groups in total. The highest BCUT2D eigenvalue weighted by Crippen LogP contribution is 2.09. The number of rotatable bonds is 18. The molecule has 218 valence electrons. The fourth-order valence-corrected chi connectivity index (χ4v) is 4.55. The molecule has 2 aromatic carbocycles. The lowest BCUT2D eigenvalue weighted by Gasteiger charge is -2.25. The third-order valence-electron chi connectivity index (χ3n) is 6.36. The maximum atomic E-state index is 13.4. The summed E-state index contributed by atoms with van der Waals surface area (Å²) in [4.78, 5) is 51.5. The summed E-state index contributed by atoms with van der Waals surface area (Å²) in [5.41, 5.74) is 13.1. The van der Waals surface area contributed by atoms with E-state index in [1.54, 1.807) is 24.3 Å². The van der Waals surface area contributed by atoms with Crippen LogP contribution in [0.15, 0.2) is 60.7 Å². The first-order chi connectivity index (χ1) is 19.2. The van der Waals surface area contributed by atoms with E-state index in [9.17, 15) is 24.3 Å². The number of carboxylic acids is 1. The van der Waals surface area contributed by atoms with Gasteiger partial charge in [-0.1, -0.05) is 67.1 Å². The highest BCUT2D eigenvalue weighted by molar-refractivity contribution is 7.98. The van der Waals surface area contributed by atoms with Crippen molar-refractivity contribution in [2.75, 3.05) is 18.6 Å². The topological polar surface area (TPSA) is 177 Å². The molecule has 4 unspecified atom stereocenters. The summed E-state index contributed by atoms with van der Waals surface area (Å²) >= 11 is 1.52. The van der Waals surface area contributed by atoms with Crippen LogP contribution < -0.4 is 27.4 Å². The Bertz CT molecular complexity index is 1070. The van der Waals surface area contributed by atoms with Crippen LogP contribution in [0, 0.1) is 0 Å². The van der Waals surface area contributed by atoms with Crippen molar-refractivity contribution >= 4 is 35.5 Å². The normalized spacial score (nSPS) is 13.9. The van der Waals surface area contributed by atoms with Crippen LogP contribution in [-0.4, -0.2) is 71.5 Å². The summed E-state index contributed by atoms with van der Waals surface area (Å²) in [7, 11) is 0. The third-order valence-corrected chi connectivity index (χ3v) is 7.01. The van der Waals surface area contributed by atoms with Gasteiger partial charge in [0.2, 0.25) is 17.7 Å². The number of hydrogen-bond acceptors (Lipinski definition) is 7. The van der Waals surface area contributed by atoms with Gasteiger partial charge in [0.1, 0.15) is 18.1 Å².